The van der Waals surface area contributed by atoms with Crippen LogP contribution in [0.3, 0.4) is 0 Å². The highest BCUT2D eigenvalue weighted by molar-refractivity contribution is 7.16. The number of rotatable bonds is 4. The monoisotopic (exact) mass is 436 g/mol. The van der Waals surface area contributed by atoms with E-state index in [2.05, 4.69) is 53.8 Å². The number of hydrogen-bond donors (Lipinski definition) is 0. The standard InChI is InChI=1S/C28H24O3Si/c1-4-20-28(26(29)30-27(2,3)31-28)21-22-32(23-14-8-5-9-15-23,24-16-10-6-11-17-24)25-18-12-7-13-19-25/h1,5-19H,20H2,2-3H3/t28-/m1/s1. The van der Waals surface area contributed by atoms with Gasteiger partial charge in [-0.25, -0.2) is 4.79 Å². The van der Waals surface area contributed by atoms with Crippen molar-refractivity contribution in [3.05, 3.63) is 91.0 Å². The van der Waals surface area contributed by atoms with Crippen LogP contribution in [0.25, 0.3) is 0 Å². The van der Waals surface area contributed by atoms with E-state index >= 15 is 0 Å². The molecule has 32 heavy (non-hydrogen) atoms. The maximum absolute atomic E-state index is 12.9. The summed E-state index contributed by atoms with van der Waals surface area (Å²) in [6.07, 6.45) is 5.64. The number of hydrogen-bond acceptors (Lipinski definition) is 3. The highest BCUT2D eigenvalue weighted by atomic mass is 28.3. The molecular formula is C28H24O3Si. The van der Waals surface area contributed by atoms with E-state index < -0.39 is 25.4 Å². The molecule has 4 heteroatoms. The highest BCUT2D eigenvalue weighted by Crippen LogP contribution is 2.34. The third-order valence-corrected chi connectivity index (χ3v) is 9.61. The van der Waals surface area contributed by atoms with E-state index in [1.807, 2.05) is 54.6 Å². The molecule has 1 atom stereocenters. The molecule has 0 aliphatic carbocycles. The number of carbonyl (C=O) groups excluding carboxylic acids is 1. The molecule has 3 aromatic carbocycles. The van der Waals surface area contributed by atoms with Crippen molar-refractivity contribution in [2.75, 3.05) is 0 Å². The van der Waals surface area contributed by atoms with Crippen LogP contribution in [0.4, 0.5) is 0 Å². The summed E-state index contributed by atoms with van der Waals surface area (Å²) in [7, 11) is -2.86. The lowest BCUT2D eigenvalue weighted by Gasteiger charge is -2.29. The molecule has 1 heterocycles. The molecule has 0 bridgehead atoms. The SMILES string of the molecule is C#CC[C@]1(C#C[Si](c2ccccc2)(c2ccccc2)c2ccccc2)OC(C)(C)OC1=O. The van der Waals surface area contributed by atoms with Crippen molar-refractivity contribution in [2.24, 2.45) is 0 Å². The van der Waals surface area contributed by atoms with E-state index in [1.54, 1.807) is 13.8 Å². The Morgan fingerprint density at radius 3 is 1.59 bits per heavy atom. The summed E-state index contributed by atoms with van der Waals surface area (Å²) in [6.45, 7) is 3.39. The lowest BCUT2D eigenvalue weighted by molar-refractivity contribution is -0.162. The summed E-state index contributed by atoms with van der Waals surface area (Å²) in [4.78, 5) is 12.9. The van der Waals surface area contributed by atoms with Gasteiger partial charge in [0.15, 0.2) is 0 Å². The highest BCUT2D eigenvalue weighted by Gasteiger charge is 2.53. The van der Waals surface area contributed by atoms with Crippen molar-refractivity contribution >= 4 is 29.6 Å². The summed E-state index contributed by atoms with van der Waals surface area (Å²) in [6, 6.07) is 30.7. The van der Waals surface area contributed by atoms with E-state index in [4.69, 9.17) is 15.9 Å². The maximum atomic E-state index is 12.9. The topological polar surface area (TPSA) is 35.5 Å². The molecule has 1 saturated heterocycles. The molecule has 0 saturated carbocycles. The lowest BCUT2D eigenvalue weighted by atomic mass is 10.0. The average Bonchev–Trinajstić information content (AvgIpc) is 3.04. The Labute approximate surface area is 190 Å². The van der Waals surface area contributed by atoms with Crippen LogP contribution in [-0.4, -0.2) is 25.4 Å². The quantitative estimate of drug-likeness (QED) is 0.273. The fraction of sp³-hybridized carbons (Fsp3) is 0.179. The van der Waals surface area contributed by atoms with Gasteiger partial charge >= 0.3 is 5.97 Å². The van der Waals surface area contributed by atoms with Crippen LogP contribution >= 0.6 is 0 Å². The fourth-order valence-electron chi connectivity index (χ4n) is 4.14. The molecule has 3 aromatic rings. The number of esters is 1. The van der Waals surface area contributed by atoms with Crippen molar-refractivity contribution < 1.29 is 14.3 Å². The molecule has 1 aliphatic rings. The van der Waals surface area contributed by atoms with Gasteiger partial charge in [0, 0.05) is 13.8 Å². The minimum atomic E-state index is -2.86. The zero-order valence-electron chi connectivity index (χ0n) is 18.2. The number of ether oxygens (including phenoxy) is 2. The smallest absolute Gasteiger partial charge is 0.354 e. The Morgan fingerprint density at radius 1 is 0.812 bits per heavy atom. The van der Waals surface area contributed by atoms with Crippen LogP contribution in [0.1, 0.15) is 20.3 Å². The number of terminal acetylenes is 1. The van der Waals surface area contributed by atoms with Gasteiger partial charge in [0.1, 0.15) is 0 Å². The molecule has 1 fully saturated rings. The molecule has 3 nitrogen and oxygen atoms in total. The van der Waals surface area contributed by atoms with Gasteiger partial charge in [0.2, 0.25) is 19.5 Å². The Hall–Kier alpha value is -3.57. The largest absolute Gasteiger partial charge is 0.431 e. The van der Waals surface area contributed by atoms with E-state index in [1.165, 1.54) is 0 Å². The minimum absolute atomic E-state index is 0.0190. The second kappa shape index (κ2) is 8.52. The van der Waals surface area contributed by atoms with Crippen LogP contribution in [0.2, 0.25) is 0 Å². The zero-order valence-corrected chi connectivity index (χ0v) is 19.2. The van der Waals surface area contributed by atoms with Gasteiger partial charge in [-0.05, 0) is 15.6 Å². The molecule has 158 valence electrons. The number of cyclic esters (lactones) is 1. The average molecular weight is 437 g/mol. The zero-order chi connectivity index (χ0) is 22.7. The van der Waals surface area contributed by atoms with Crippen LogP contribution in [0.5, 0.6) is 0 Å². The predicted octanol–water partition coefficient (Wildman–Crippen LogP) is 2.77. The summed E-state index contributed by atoms with van der Waals surface area (Å²) in [5.74, 6) is 4.15. The third-order valence-electron chi connectivity index (χ3n) is 5.51. The van der Waals surface area contributed by atoms with Crippen molar-refractivity contribution in [2.45, 2.75) is 31.7 Å². The summed E-state index contributed by atoms with van der Waals surface area (Å²) < 4.78 is 11.5. The molecule has 0 radical (unpaired) electrons. The molecule has 0 spiro atoms. The molecule has 0 amide bonds. The number of benzene rings is 3. The van der Waals surface area contributed by atoms with Crippen molar-refractivity contribution in [1.82, 2.24) is 0 Å². The van der Waals surface area contributed by atoms with Gasteiger partial charge in [-0.2, -0.15) is 0 Å². The van der Waals surface area contributed by atoms with Crippen molar-refractivity contribution in [3.8, 4) is 23.8 Å². The van der Waals surface area contributed by atoms with Gasteiger partial charge in [0.25, 0.3) is 0 Å². The lowest BCUT2D eigenvalue weighted by Crippen LogP contribution is -2.66. The van der Waals surface area contributed by atoms with E-state index in [-0.39, 0.29) is 6.42 Å². The Balaban J connectivity index is 2.02. The summed E-state index contributed by atoms with van der Waals surface area (Å²) in [5, 5.41) is 3.35. The molecule has 0 N–H and O–H groups in total. The molecular weight excluding hydrogens is 412 g/mol. The van der Waals surface area contributed by atoms with Crippen LogP contribution < -0.4 is 15.6 Å². The van der Waals surface area contributed by atoms with Gasteiger partial charge in [-0.15, -0.1) is 17.9 Å². The van der Waals surface area contributed by atoms with Gasteiger partial charge < -0.3 is 9.47 Å². The maximum Gasteiger partial charge on any atom is 0.354 e. The first kappa shape index (κ1) is 21.7. The Morgan fingerprint density at radius 2 is 1.25 bits per heavy atom. The normalized spacial score (nSPS) is 19.3. The van der Waals surface area contributed by atoms with Crippen molar-refractivity contribution in [1.29, 1.82) is 0 Å². The van der Waals surface area contributed by atoms with Crippen LogP contribution in [-0.2, 0) is 14.3 Å². The van der Waals surface area contributed by atoms with E-state index in [0.29, 0.717) is 0 Å². The molecule has 0 aromatic heterocycles. The summed E-state index contributed by atoms with van der Waals surface area (Å²) >= 11 is 0. The molecule has 4 rings (SSSR count). The first-order valence-electron chi connectivity index (χ1n) is 10.5. The minimum Gasteiger partial charge on any atom is -0.431 e. The number of carbonyl (C=O) groups is 1. The van der Waals surface area contributed by atoms with Gasteiger partial charge in [-0.1, -0.05) is 96.9 Å². The van der Waals surface area contributed by atoms with E-state index in [9.17, 15) is 4.79 Å². The van der Waals surface area contributed by atoms with Gasteiger partial charge in [-0.3, -0.25) is 0 Å². The van der Waals surface area contributed by atoms with Crippen LogP contribution in [0.15, 0.2) is 91.0 Å². The molecule has 0 unspecified atom stereocenters. The summed E-state index contributed by atoms with van der Waals surface area (Å²) in [5.41, 5.74) is 2.09. The first-order valence-corrected chi connectivity index (χ1v) is 12.5. The fourth-order valence-corrected chi connectivity index (χ4v) is 8.04. The third kappa shape index (κ3) is 3.87. The first-order chi connectivity index (χ1) is 15.4. The molecule has 1 aliphatic heterocycles. The van der Waals surface area contributed by atoms with E-state index in [0.717, 1.165) is 15.6 Å². The van der Waals surface area contributed by atoms with Gasteiger partial charge in [0.05, 0.1) is 6.42 Å². The second-order valence-electron chi connectivity index (χ2n) is 8.20. The predicted molar refractivity (Wildman–Crippen MR) is 129 cm³/mol. The second-order valence-corrected chi connectivity index (χ2v) is 11.7. The van der Waals surface area contributed by atoms with Crippen molar-refractivity contribution in [3.63, 3.8) is 0 Å². The Kier molecular flexibility index (Phi) is 5.76. The van der Waals surface area contributed by atoms with Crippen LogP contribution in [0, 0.1) is 23.8 Å². The Bertz CT molecular complexity index is 1100.